The Labute approximate surface area is 80.3 Å². The van der Waals surface area contributed by atoms with Crippen LogP contribution in [-0.2, 0) is 4.79 Å². The van der Waals surface area contributed by atoms with Crippen LogP contribution < -0.4 is 5.73 Å². The zero-order valence-corrected chi connectivity index (χ0v) is 8.68. The molecule has 0 aliphatic rings. The fourth-order valence-corrected chi connectivity index (χ4v) is 1.20. The van der Waals surface area contributed by atoms with Crippen LogP contribution in [-0.4, -0.2) is 16.6 Å². The first-order chi connectivity index (χ1) is 6.00. The van der Waals surface area contributed by atoms with Crippen molar-refractivity contribution in [3.63, 3.8) is 0 Å². The van der Waals surface area contributed by atoms with Gasteiger partial charge in [0, 0.05) is 0 Å². The van der Waals surface area contributed by atoms with Crippen molar-refractivity contribution < 1.29 is 9.90 Å². The molecule has 0 aromatic carbocycles. The van der Waals surface area contributed by atoms with Crippen LogP contribution in [0.25, 0.3) is 0 Å². The Bertz CT molecular complexity index is 155. The summed E-state index contributed by atoms with van der Waals surface area (Å²) in [5.41, 5.74) is 3.71. The highest BCUT2D eigenvalue weighted by atomic mass is 16.3. The van der Waals surface area contributed by atoms with E-state index in [1.807, 2.05) is 0 Å². The summed E-state index contributed by atoms with van der Waals surface area (Å²) < 4.78 is 0. The van der Waals surface area contributed by atoms with Crippen LogP contribution in [0.2, 0.25) is 0 Å². The molecule has 0 aliphatic carbocycles. The van der Waals surface area contributed by atoms with Crippen molar-refractivity contribution in [2.75, 3.05) is 0 Å². The number of rotatable bonds is 7. The first kappa shape index (κ1) is 12.4. The minimum Gasteiger partial charge on any atom is -0.380 e. The fourth-order valence-electron chi connectivity index (χ4n) is 1.20. The molecule has 0 bridgehead atoms. The number of primary amides is 1. The van der Waals surface area contributed by atoms with E-state index in [0.29, 0.717) is 6.42 Å². The predicted octanol–water partition coefficient (Wildman–Crippen LogP) is 1.58. The summed E-state index contributed by atoms with van der Waals surface area (Å²) in [7, 11) is 0. The van der Waals surface area contributed by atoms with E-state index in [2.05, 4.69) is 6.92 Å². The van der Waals surface area contributed by atoms with Gasteiger partial charge in [0.25, 0.3) is 0 Å². The summed E-state index contributed by atoms with van der Waals surface area (Å²) >= 11 is 0. The molecule has 78 valence electrons. The van der Waals surface area contributed by atoms with Crippen LogP contribution in [0.5, 0.6) is 0 Å². The summed E-state index contributed by atoms with van der Waals surface area (Å²) in [5, 5.41) is 9.47. The van der Waals surface area contributed by atoms with Crippen molar-refractivity contribution in [2.24, 2.45) is 5.73 Å². The maximum absolute atomic E-state index is 10.7. The number of hydrogen-bond donors (Lipinski definition) is 2. The Kier molecular flexibility index (Phi) is 5.71. The molecular weight excluding hydrogens is 166 g/mol. The van der Waals surface area contributed by atoms with E-state index >= 15 is 0 Å². The molecular formula is C10H21NO2. The third-order valence-electron chi connectivity index (χ3n) is 2.30. The van der Waals surface area contributed by atoms with Crippen LogP contribution in [0.15, 0.2) is 0 Å². The smallest absolute Gasteiger partial charge is 0.249 e. The molecule has 3 nitrogen and oxygen atoms in total. The van der Waals surface area contributed by atoms with Gasteiger partial charge in [0.05, 0.1) is 0 Å². The number of nitrogens with two attached hydrogens (primary N) is 1. The molecule has 0 radical (unpaired) electrons. The zero-order chi connectivity index (χ0) is 10.3. The molecule has 3 N–H and O–H groups in total. The van der Waals surface area contributed by atoms with Gasteiger partial charge in [-0.05, 0) is 13.3 Å². The largest absolute Gasteiger partial charge is 0.380 e. The molecule has 0 aromatic rings. The average molecular weight is 187 g/mol. The standard InChI is InChI=1S/C10H21NO2/c1-3-4-5-6-7-8-10(2,13)9(11)12/h13H,3-8H2,1-2H3,(H2,11,12). The number of carbonyl (C=O) groups is 1. The molecule has 0 aromatic heterocycles. The second-order valence-corrected chi connectivity index (χ2v) is 3.80. The van der Waals surface area contributed by atoms with Gasteiger partial charge in [-0.25, -0.2) is 0 Å². The Hall–Kier alpha value is -0.570. The summed E-state index contributed by atoms with van der Waals surface area (Å²) in [6.07, 6.45) is 6.01. The summed E-state index contributed by atoms with van der Waals surface area (Å²) in [6, 6.07) is 0. The van der Waals surface area contributed by atoms with Crippen molar-refractivity contribution in [1.29, 1.82) is 0 Å². The van der Waals surface area contributed by atoms with E-state index in [1.54, 1.807) is 0 Å². The van der Waals surface area contributed by atoms with Crippen molar-refractivity contribution in [3.8, 4) is 0 Å². The predicted molar refractivity (Wildman–Crippen MR) is 53.2 cm³/mol. The molecule has 0 heterocycles. The van der Waals surface area contributed by atoms with Gasteiger partial charge in [-0.15, -0.1) is 0 Å². The number of hydrogen-bond acceptors (Lipinski definition) is 2. The van der Waals surface area contributed by atoms with Crippen LogP contribution in [0.1, 0.15) is 52.4 Å². The number of aliphatic hydroxyl groups is 1. The maximum Gasteiger partial charge on any atom is 0.249 e. The number of amides is 1. The second-order valence-electron chi connectivity index (χ2n) is 3.80. The molecule has 0 aliphatic heterocycles. The molecule has 0 fully saturated rings. The Morgan fingerprint density at radius 1 is 1.31 bits per heavy atom. The topological polar surface area (TPSA) is 63.3 Å². The van der Waals surface area contributed by atoms with Gasteiger partial charge >= 0.3 is 0 Å². The highest BCUT2D eigenvalue weighted by Crippen LogP contribution is 2.14. The van der Waals surface area contributed by atoms with Crippen LogP contribution in [0.3, 0.4) is 0 Å². The van der Waals surface area contributed by atoms with Crippen LogP contribution in [0, 0.1) is 0 Å². The molecule has 0 saturated carbocycles. The van der Waals surface area contributed by atoms with Gasteiger partial charge in [0.15, 0.2) is 0 Å². The Morgan fingerprint density at radius 3 is 2.31 bits per heavy atom. The lowest BCUT2D eigenvalue weighted by molar-refractivity contribution is -0.135. The number of carbonyl (C=O) groups excluding carboxylic acids is 1. The summed E-state index contributed by atoms with van der Waals surface area (Å²) in [6.45, 7) is 3.63. The van der Waals surface area contributed by atoms with Crippen LogP contribution in [0.4, 0.5) is 0 Å². The SMILES string of the molecule is CCCCCCCC(C)(O)C(N)=O. The zero-order valence-electron chi connectivity index (χ0n) is 8.68. The van der Waals surface area contributed by atoms with E-state index in [0.717, 1.165) is 12.8 Å². The highest BCUT2D eigenvalue weighted by molar-refractivity contribution is 5.82. The monoisotopic (exact) mass is 187 g/mol. The average Bonchev–Trinajstić information content (AvgIpc) is 2.03. The summed E-state index contributed by atoms with van der Waals surface area (Å²) in [5.74, 6) is -0.622. The van der Waals surface area contributed by atoms with Crippen molar-refractivity contribution >= 4 is 5.91 Å². The molecule has 13 heavy (non-hydrogen) atoms. The van der Waals surface area contributed by atoms with E-state index in [1.165, 1.54) is 26.2 Å². The molecule has 3 heteroatoms. The van der Waals surface area contributed by atoms with Crippen LogP contribution >= 0.6 is 0 Å². The molecule has 1 amide bonds. The number of unbranched alkanes of at least 4 members (excludes halogenated alkanes) is 4. The lowest BCUT2D eigenvalue weighted by atomic mass is 9.97. The molecule has 0 saturated heterocycles. The van der Waals surface area contributed by atoms with E-state index in [4.69, 9.17) is 5.73 Å². The summed E-state index contributed by atoms with van der Waals surface area (Å²) in [4.78, 5) is 10.7. The molecule has 1 unspecified atom stereocenters. The molecule has 0 rings (SSSR count). The van der Waals surface area contributed by atoms with Gasteiger partial charge in [-0.1, -0.05) is 39.0 Å². The van der Waals surface area contributed by atoms with Crippen molar-refractivity contribution in [1.82, 2.24) is 0 Å². The quantitative estimate of drug-likeness (QED) is 0.594. The lowest BCUT2D eigenvalue weighted by Gasteiger charge is -2.18. The van der Waals surface area contributed by atoms with Gasteiger partial charge in [-0.3, -0.25) is 4.79 Å². The third kappa shape index (κ3) is 5.64. The Balaban J connectivity index is 3.46. The minimum atomic E-state index is -1.31. The third-order valence-corrected chi connectivity index (χ3v) is 2.30. The Morgan fingerprint density at radius 2 is 1.85 bits per heavy atom. The van der Waals surface area contributed by atoms with E-state index in [9.17, 15) is 9.90 Å². The van der Waals surface area contributed by atoms with Crippen molar-refractivity contribution in [3.05, 3.63) is 0 Å². The first-order valence-corrected chi connectivity index (χ1v) is 5.03. The molecule has 1 atom stereocenters. The normalized spacial score (nSPS) is 15.3. The van der Waals surface area contributed by atoms with Gasteiger partial charge in [-0.2, -0.15) is 0 Å². The molecule has 0 spiro atoms. The van der Waals surface area contributed by atoms with E-state index < -0.39 is 11.5 Å². The van der Waals surface area contributed by atoms with E-state index in [-0.39, 0.29) is 0 Å². The maximum atomic E-state index is 10.7. The minimum absolute atomic E-state index is 0.478. The van der Waals surface area contributed by atoms with Gasteiger partial charge in [0.2, 0.25) is 5.91 Å². The van der Waals surface area contributed by atoms with Gasteiger partial charge in [0.1, 0.15) is 5.60 Å². The highest BCUT2D eigenvalue weighted by Gasteiger charge is 2.26. The van der Waals surface area contributed by atoms with Gasteiger partial charge < -0.3 is 10.8 Å². The first-order valence-electron chi connectivity index (χ1n) is 5.03. The fraction of sp³-hybridized carbons (Fsp3) is 0.900. The van der Waals surface area contributed by atoms with Crippen molar-refractivity contribution in [2.45, 2.75) is 58.0 Å². The lowest BCUT2D eigenvalue weighted by Crippen LogP contribution is -2.40. The second kappa shape index (κ2) is 5.97.